The molecule has 0 saturated carbocycles. The van der Waals surface area contributed by atoms with Gasteiger partial charge in [0.15, 0.2) is 5.82 Å². The van der Waals surface area contributed by atoms with Crippen molar-refractivity contribution < 1.29 is 5.11 Å². The van der Waals surface area contributed by atoms with E-state index in [1.165, 1.54) is 0 Å². The molecule has 2 rings (SSSR count). The Balaban J connectivity index is 2.24. The van der Waals surface area contributed by atoms with Crippen LogP contribution < -0.4 is 5.73 Å². The van der Waals surface area contributed by atoms with Gasteiger partial charge in [0, 0.05) is 12.0 Å². The Morgan fingerprint density at radius 3 is 2.44 bits per heavy atom. The van der Waals surface area contributed by atoms with Crippen molar-refractivity contribution in [1.82, 2.24) is 15.2 Å². The number of hydrogen-bond acceptors (Lipinski definition) is 5. The molecule has 0 fully saturated rings. The van der Waals surface area contributed by atoms with E-state index in [1.807, 2.05) is 0 Å². The minimum atomic E-state index is 0.226. The number of hydrogen-bond donors (Lipinski definition) is 2. The van der Waals surface area contributed by atoms with Gasteiger partial charge in [-0.3, -0.25) is 0 Å². The van der Waals surface area contributed by atoms with Gasteiger partial charge in [-0.05, 0) is 30.8 Å². The van der Waals surface area contributed by atoms with Crippen LogP contribution in [0.3, 0.4) is 0 Å². The van der Waals surface area contributed by atoms with Crippen molar-refractivity contribution in [1.29, 1.82) is 0 Å². The third-order valence-corrected chi connectivity index (χ3v) is 2.14. The molecule has 0 aliphatic carbocycles. The monoisotopic (exact) mass is 216 g/mol. The lowest BCUT2D eigenvalue weighted by atomic mass is 10.1. The van der Waals surface area contributed by atoms with Gasteiger partial charge in [0.2, 0.25) is 0 Å². The molecule has 0 radical (unpaired) electrons. The van der Waals surface area contributed by atoms with Crippen LogP contribution in [0.2, 0.25) is 0 Å². The van der Waals surface area contributed by atoms with Crippen molar-refractivity contribution in [2.45, 2.75) is 6.42 Å². The van der Waals surface area contributed by atoms with Crippen LogP contribution in [0.15, 0.2) is 30.5 Å². The van der Waals surface area contributed by atoms with Gasteiger partial charge in [-0.25, -0.2) is 4.98 Å². The van der Waals surface area contributed by atoms with Gasteiger partial charge in [0.25, 0.3) is 0 Å². The molecule has 0 unspecified atom stereocenters. The van der Waals surface area contributed by atoms with Crippen molar-refractivity contribution >= 4 is 0 Å². The second-order valence-corrected chi connectivity index (χ2v) is 3.35. The van der Waals surface area contributed by atoms with Gasteiger partial charge in [-0.2, -0.15) is 0 Å². The summed E-state index contributed by atoms with van der Waals surface area (Å²) in [4.78, 5) is 4.15. The van der Waals surface area contributed by atoms with Gasteiger partial charge in [-0.15, -0.1) is 10.2 Å². The zero-order valence-corrected chi connectivity index (χ0v) is 8.67. The Morgan fingerprint density at radius 1 is 1.12 bits per heavy atom. The number of aromatic hydroxyl groups is 1. The number of benzene rings is 1. The van der Waals surface area contributed by atoms with E-state index in [0.29, 0.717) is 24.5 Å². The molecule has 0 spiro atoms. The van der Waals surface area contributed by atoms with Crippen LogP contribution in [0.1, 0.15) is 5.82 Å². The fourth-order valence-corrected chi connectivity index (χ4v) is 1.31. The lowest BCUT2D eigenvalue weighted by molar-refractivity contribution is 0.475. The summed E-state index contributed by atoms with van der Waals surface area (Å²) in [6.45, 7) is 0.514. The van der Waals surface area contributed by atoms with Gasteiger partial charge >= 0.3 is 0 Å². The minimum Gasteiger partial charge on any atom is -0.508 e. The zero-order chi connectivity index (χ0) is 11.4. The molecule has 2 aromatic rings. The highest BCUT2D eigenvalue weighted by Gasteiger charge is 2.01. The SMILES string of the molecule is NCCc1ncc(-c2ccc(O)cc2)nn1. The predicted octanol–water partition coefficient (Wildman–Crippen LogP) is 0.745. The highest BCUT2D eigenvalue weighted by atomic mass is 16.3. The molecule has 0 aliphatic rings. The molecule has 0 atom stereocenters. The third-order valence-electron chi connectivity index (χ3n) is 2.14. The molecule has 82 valence electrons. The number of phenols is 1. The largest absolute Gasteiger partial charge is 0.508 e. The molecule has 1 aromatic heterocycles. The van der Waals surface area contributed by atoms with E-state index in [2.05, 4.69) is 15.2 Å². The third kappa shape index (κ3) is 2.32. The molecule has 0 saturated heterocycles. The fourth-order valence-electron chi connectivity index (χ4n) is 1.31. The minimum absolute atomic E-state index is 0.226. The number of nitrogens with zero attached hydrogens (tertiary/aromatic N) is 3. The van der Waals surface area contributed by atoms with Gasteiger partial charge < -0.3 is 10.8 Å². The maximum atomic E-state index is 9.15. The molecule has 0 bridgehead atoms. The number of nitrogens with two attached hydrogens (primary N) is 1. The van der Waals surface area contributed by atoms with Crippen LogP contribution in [0, 0.1) is 0 Å². The van der Waals surface area contributed by atoms with Crippen LogP contribution >= 0.6 is 0 Å². The van der Waals surface area contributed by atoms with Crippen LogP contribution in [-0.2, 0) is 6.42 Å². The zero-order valence-electron chi connectivity index (χ0n) is 8.67. The van der Waals surface area contributed by atoms with Crippen LogP contribution in [0.25, 0.3) is 11.3 Å². The second kappa shape index (κ2) is 4.67. The summed E-state index contributed by atoms with van der Waals surface area (Å²) in [6.07, 6.45) is 2.28. The molecule has 0 amide bonds. The van der Waals surface area contributed by atoms with E-state index < -0.39 is 0 Å². The van der Waals surface area contributed by atoms with E-state index in [0.717, 1.165) is 5.56 Å². The van der Waals surface area contributed by atoms with Crippen molar-refractivity contribution in [2.24, 2.45) is 5.73 Å². The molecule has 5 nitrogen and oxygen atoms in total. The predicted molar refractivity (Wildman–Crippen MR) is 59.7 cm³/mol. The normalized spacial score (nSPS) is 10.3. The highest BCUT2D eigenvalue weighted by molar-refractivity contribution is 5.58. The van der Waals surface area contributed by atoms with Crippen molar-refractivity contribution in [2.75, 3.05) is 6.54 Å². The molecule has 1 aromatic carbocycles. The Morgan fingerprint density at radius 2 is 1.88 bits per heavy atom. The first-order chi connectivity index (χ1) is 7.79. The average molecular weight is 216 g/mol. The standard InChI is InChI=1S/C11H12N4O/c12-6-5-11-13-7-10(14-15-11)8-1-3-9(16)4-2-8/h1-4,7,16H,5-6,12H2. The fraction of sp³-hybridized carbons (Fsp3) is 0.182. The van der Waals surface area contributed by atoms with E-state index >= 15 is 0 Å². The number of aromatic nitrogens is 3. The maximum absolute atomic E-state index is 9.15. The number of phenolic OH excluding ortho intramolecular Hbond substituents is 1. The van der Waals surface area contributed by atoms with E-state index in [9.17, 15) is 0 Å². The van der Waals surface area contributed by atoms with Gasteiger partial charge in [0.1, 0.15) is 11.4 Å². The van der Waals surface area contributed by atoms with E-state index in [1.54, 1.807) is 30.5 Å². The van der Waals surface area contributed by atoms with Gasteiger partial charge in [-0.1, -0.05) is 0 Å². The van der Waals surface area contributed by atoms with Crippen molar-refractivity contribution in [3.05, 3.63) is 36.3 Å². The first-order valence-electron chi connectivity index (χ1n) is 4.97. The summed E-state index contributed by atoms with van der Waals surface area (Å²) in [5.41, 5.74) is 6.94. The Kier molecular flexibility index (Phi) is 3.07. The van der Waals surface area contributed by atoms with E-state index in [4.69, 9.17) is 10.8 Å². The molecule has 5 heteroatoms. The molecular formula is C11H12N4O. The summed E-state index contributed by atoms with van der Waals surface area (Å²) in [7, 11) is 0. The Labute approximate surface area is 93.0 Å². The average Bonchev–Trinajstić information content (AvgIpc) is 2.32. The van der Waals surface area contributed by atoms with Crippen molar-refractivity contribution in [3.8, 4) is 17.0 Å². The lowest BCUT2D eigenvalue weighted by Crippen LogP contribution is -2.07. The Hall–Kier alpha value is -2.01. The van der Waals surface area contributed by atoms with Crippen LogP contribution in [-0.4, -0.2) is 26.8 Å². The first-order valence-corrected chi connectivity index (χ1v) is 4.97. The summed E-state index contributed by atoms with van der Waals surface area (Å²) in [5, 5.41) is 17.2. The second-order valence-electron chi connectivity index (χ2n) is 3.35. The molecule has 0 aliphatic heterocycles. The first kappa shape index (κ1) is 10.5. The highest BCUT2D eigenvalue weighted by Crippen LogP contribution is 2.18. The maximum Gasteiger partial charge on any atom is 0.152 e. The lowest BCUT2D eigenvalue weighted by Gasteiger charge is -2.00. The van der Waals surface area contributed by atoms with E-state index in [-0.39, 0.29) is 5.75 Å². The summed E-state index contributed by atoms with van der Waals surface area (Å²) in [5.74, 6) is 0.870. The Bertz CT molecular complexity index is 452. The summed E-state index contributed by atoms with van der Waals surface area (Å²) >= 11 is 0. The quantitative estimate of drug-likeness (QED) is 0.790. The summed E-state index contributed by atoms with van der Waals surface area (Å²) < 4.78 is 0. The smallest absolute Gasteiger partial charge is 0.152 e. The molecule has 16 heavy (non-hydrogen) atoms. The number of rotatable bonds is 3. The summed E-state index contributed by atoms with van der Waals surface area (Å²) in [6, 6.07) is 6.74. The molecular weight excluding hydrogens is 204 g/mol. The topological polar surface area (TPSA) is 84.9 Å². The van der Waals surface area contributed by atoms with Crippen molar-refractivity contribution in [3.63, 3.8) is 0 Å². The van der Waals surface area contributed by atoms with Gasteiger partial charge in [0.05, 0.1) is 6.20 Å². The van der Waals surface area contributed by atoms with Crippen LogP contribution in [0.4, 0.5) is 0 Å². The van der Waals surface area contributed by atoms with Crippen LogP contribution in [0.5, 0.6) is 5.75 Å². The molecule has 3 N–H and O–H groups in total. The molecule has 1 heterocycles.